The van der Waals surface area contributed by atoms with Crippen molar-refractivity contribution in [3.63, 3.8) is 0 Å². The van der Waals surface area contributed by atoms with Gasteiger partial charge in [0.25, 0.3) is 0 Å². The average molecular weight is 305 g/mol. The Morgan fingerprint density at radius 1 is 1.45 bits per heavy atom. The number of rotatable bonds is 7. The molecule has 4 N–H and O–H groups in total. The number of hydrogen-bond acceptors (Lipinski definition) is 5. The third kappa shape index (κ3) is 5.95. The van der Waals surface area contributed by atoms with Crippen molar-refractivity contribution in [2.75, 3.05) is 36.1 Å². The van der Waals surface area contributed by atoms with Crippen LogP contribution in [0.25, 0.3) is 0 Å². The Kier molecular flexibility index (Phi) is 5.86. The highest BCUT2D eigenvalue weighted by Crippen LogP contribution is 2.20. The number of carbonyl (C=O) groups excluding carboxylic acids is 1. The Hall–Kier alpha value is -1.71. The van der Waals surface area contributed by atoms with Crippen molar-refractivity contribution >= 4 is 27.3 Å². The number of benzene rings is 1. The van der Waals surface area contributed by atoms with Crippen LogP contribution in [0, 0.1) is 5.82 Å². The van der Waals surface area contributed by atoms with Gasteiger partial charge in [0, 0.05) is 12.2 Å². The van der Waals surface area contributed by atoms with E-state index in [2.05, 4.69) is 5.32 Å². The van der Waals surface area contributed by atoms with Crippen molar-refractivity contribution in [2.24, 2.45) is 5.73 Å². The maximum Gasteiger partial charge on any atom is 0.250 e. The van der Waals surface area contributed by atoms with Gasteiger partial charge >= 0.3 is 0 Å². The molecule has 0 unspecified atom stereocenters. The molecular weight excluding hydrogens is 289 g/mol. The van der Waals surface area contributed by atoms with Gasteiger partial charge in [-0.25, -0.2) is 12.8 Å². The van der Waals surface area contributed by atoms with Gasteiger partial charge in [0.05, 0.1) is 18.6 Å². The number of ether oxygens (including phenoxy) is 1. The van der Waals surface area contributed by atoms with Gasteiger partial charge in [-0.05, 0) is 18.2 Å². The first-order valence-electron chi connectivity index (χ1n) is 5.67. The van der Waals surface area contributed by atoms with E-state index < -0.39 is 21.7 Å². The molecule has 0 atom stereocenters. The second-order valence-corrected chi connectivity index (χ2v) is 5.71. The number of hydrogen-bond donors (Lipinski definition) is 3. The Morgan fingerprint density at radius 3 is 2.75 bits per heavy atom. The van der Waals surface area contributed by atoms with Crippen molar-refractivity contribution in [2.45, 2.75) is 0 Å². The fourth-order valence-electron chi connectivity index (χ4n) is 1.33. The van der Waals surface area contributed by atoms with Crippen LogP contribution in [0.1, 0.15) is 0 Å². The highest BCUT2D eigenvalue weighted by Gasteiger charge is 2.10. The Morgan fingerprint density at radius 2 is 2.15 bits per heavy atom. The monoisotopic (exact) mass is 305 g/mol. The molecule has 0 aliphatic heterocycles. The first kappa shape index (κ1) is 16.3. The normalized spacial score (nSPS) is 11.2. The molecular formula is C11H16FN3O4S. The van der Waals surface area contributed by atoms with Gasteiger partial charge in [0.1, 0.15) is 12.4 Å². The second-order valence-electron chi connectivity index (χ2n) is 3.96. The summed E-state index contributed by atoms with van der Waals surface area (Å²) in [5, 5.41) is 2.45. The van der Waals surface area contributed by atoms with Crippen LogP contribution >= 0.6 is 0 Å². The fourth-order valence-corrected chi connectivity index (χ4v) is 1.88. The molecule has 0 aliphatic carbocycles. The van der Waals surface area contributed by atoms with E-state index in [4.69, 9.17) is 10.5 Å². The van der Waals surface area contributed by atoms with Gasteiger partial charge in [0.2, 0.25) is 15.9 Å². The van der Waals surface area contributed by atoms with Gasteiger partial charge in [-0.15, -0.1) is 0 Å². The summed E-state index contributed by atoms with van der Waals surface area (Å²) in [5.74, 6) is -1.19. The van der Waals surface area contributed by atoms with Gasteiger partial charge < -0.3 is 15.8 Å². The number of nitrogens with one attached hydrogen (secondary N) is 2. The largest absolute Gasteiger partial charge is 0.370 e. The van der Waals surface area contributed by atoms with Crippen LogP contribution < -0.4 is 15.8 Å². The van der Waals surface area contributed by atoms with Crippen LogP contribution in [-0.2, 0) is 19.6 Å². The van der Waals surface area contributed by atoms with Crippen LogP contribution in [-0.4, -0.2) is 40.3 Å². The highest BCUT2D eigenvalue weighted by atomic mass is 32.2. The maximum atomic E-state index is 13.4. The molecule has 0 spiro atoms. The average Bonchev–Trinajstić information content (AvgIpc) is 2.32. The van der Waals surface area contributed by atoms with Crippen LogP contribution in [0.3, 0.4) is 0 Å². The van der Waals surface area contributed by atoms with E-state index in [1.165, 1.54) is 12.1 Å². The number of amides is 1. The zero-order chi connectivity index (χ0) is 15.2. The van der Waals surface area contributed by atoms with E-state index in [9.17, 15) is 17.6 Å². The summed E-state index contributed by atoms with van der Waals surface area (Å²) < 4.78 is 42.5. The molecule has 0 fully saturated rings. The van der Waals surface area contributed by atoms with E-state index in [1.54, 1.807) is 0 Å². The van der Waals surface area contributed by atoms with Gasteiger partial charge in [-0.1, -0.05) is 0 Å². The number of anilines is 2. The molecule has 0 aliphatic rings. The van der Waals surface area contributed by atoms with Crippen molar-refractivity contribution in [3.8, 4) is 0 Å². The number of halogens is 1. The fraction of sp³-hybridized carbons (Fsp3) is 0.364. The van der Waals surface area contributed by atoms with Crippen molar-refractivity contribution in [3.05, 3.63) is 24.0 Å². The molecule has 0 saturated heterocycles. The summed E-state index contributed by atoms with van der Waals surface area (Å²) in [4.78, 5) is 11.5. The van der Waals surface area contributed by atoms with Crippen LogP contribution in [0.4, 0.5) is 15.8 Å². The SMILES string of the molecule is CS(=O)(=O)Nc1cc(NC(=O)COCCN)ccc1F. The molecule has 9 heteroatoms. The quantitative estimate of drug-likeness (QED) is 0.619. The zero-order valence-corrected chi connectivity index (χ0v) is 11.7. The molecule has 0 aromatic heterocycles. The topological polar surface area (TPSA) is 111 Å². The molecule has 0 saturated carbocycles. The van der Waals surface area contributed by atoms with E-state index in [0.29, 0.717) is 6.54 Å². The molecule has 0 bridgehead atoms. The molecule has 112 valence electrons. The second kappa shape index (κ2) is 7.17. The molecule has 0 heterocycles. The summed E-state index contributed by atoms with van der Waals surface area (Å²) in [7, 11) is -3.60. The van der Waals surface area contributed by atoms with Crippen LogP contribution in [0.15, 0.2) is 18.2 Å². The van der Waals surface area contributed by atoms with Crippen LogP contribution in [0.5, 0.6) is 0 Å². The smallest absolute Gasteiger partial charge is 0.250 e. The minimum atomic E-state index is -3.60. The van der Waals surface area contributed by atoms with Crippen molar-refractivity contribution in [1.82, 2.24) is 0 Å². The molecule has 1 amide bonds. The van der Waals surface area contributed by atoms with Gasteiger partial charge in [-0.3, -0.25) is 9.52 Å². The highest BCUT2D eigenvalue weighted by molar-refractivity contribution is 7.92. The van der Waals surface area contributed by atoms with Gasteiger partial charge in [-0.2, -0.15) is 0 Å². The first-order valence-corrected chi connectivity index (χ1v) is 7.56. The maximum absolute atomic E-state index is 13.4. The lowest BCUT2D eigenvalue weighted by Gasteiger charge is -2.09. The molecule has 1 aromatic rings. The molecule has 1 rings (SSSR count). The third-order valence-electron chi connectivity index (χ3n) is 2.04. The van der Waals surface area contributed by atoms with Crippen molar-refractivity contribution < 1.29 is 22.3 Å². The summed E-state index contributed by atoms with van der Waals surface area (Å²) in [5.41, 5.74) is 5.21. The molecule has 20 heavy (non-hydrogen) atoms. The minimum absolute atomic E-state index is 0.191. The van der Waals surface area contributed by atoms with Crippen molar-refractivity contribution in [1.29, 1.82) is 0 Å². The third-order valence-corrected chi connectivity index (χ3v) is 2.63. The summed E-state index contributed by atoms with van der Waals surface area (Å²) in [6, 6.07) is 3.53. The minimum Gasteiger partial charge on any atom is -0.370 e. The first-order chi connectivity index (χ1) is 9.31. The number of nitrogens with two attached hydrogens (primary N) is 1. The predicted molar refractivity (Wildman–Crippen MR) is 73.4 cm³/mol. The van der Waals surface area contributed by atoms with Crippen LogP contribution in [0.2, 0.25) is 0 Å². The standard InChI is InChI=1S/C11H16FN3O4S/c1-20(17,18)15-10-6-8(2-3-9(10)12)14-11(16)7-19-5-4-13/h2-3,6,15H,4-5,7,13H2,1H3,(H,14,16). The number of carbonyl (C=O) groups is 1. The lowest BCUT2D eigenvalue weighted by Crippen LogP contribution is -2.21. The lowest BCUT2D eigenvalue weighted by atomic mass is 10.2. The van der Waals surface area contributed by atoms with E-state index >= 15 is 0 Å². The van der Waals surface area contributed by atoms with E-state index in [-0.39, 0.29) is 24.6 Å². The Bertz CT molecular complexity index is 577. The summed E-state index contributed by atoms with van der Waals surface area (Å²) >= 11 is 0. The summed E-state index contributed by atoms with van der Waals surface area (Å²) in [6.45, 7) is 0.355. The molecule has 0 radical (unpaired) electrons. The Balaban J connectivity index is 2.72. The molecule has 1 aromatic carbocycles. The number of sulfonamides is 1. The molecule has 7 nitrogen and oxygen atoms in total. The predicted octanol–water partition coefficient (Wildman–Crippen LogP) is 0.111. The lowest BCUT2D eigenvalue weighted by molar-refractivity contribution is -0.120. The van der Waals surface area contributed by atoms with Gasteiger partial charge in [0.15, 0.2) is 0 Å². The van der Waals surface area contributed by atoms with E-state index in [1.807, 2.05) is 4.72 Å². The Labute approximate surface area is 116 Å². The summed E-state index contributed by atoms with van der Waals surface area (Å²) in [6.07, 6.45) is 0.901. The van der Waals surface area contributed by atoms with E-state index in [0.717, 1.165) is 12.3 Å². The zero-order valence-electron chi connectivity index (χ0n) is 10.8.